The summed E-state index contributed by atoms with van der Waals surface area (Å²) < 4.78 is 17.9. The van der Waals surface area contributed by atoms with Gasteiger partial charge in [0.1, 0.15) is 12.2 Å². The summed E-state index contributed by atoms with van der Waals surface area (Å²) in [4.78, 5) is 11.7. The van der Waals surface area contributed by atoms with Crippen molar-refractivity contribution in [2.75, 3.05) is 32.8 Å². The Hall–Kier alpha value is -1.13. The number of nitrogens with one attached hydrogen (secondary N) is 1. The number of ether oxygens (including phenoxy) is 3. The molecule has 1 saturated carbocycles. The van der Waals surface area contributed by atoms with Crippen LogP contribution in [0.15, 0.2) is 23.3 Å². The van der Waals surface area contributed by atoms with E-state index in [1.165, 1.54) is 19.3 Å². The zero-order valence-electron chi connectivity index (χ0n) is 18.6. The van der Waals surface area contributed by atoms with E-state index in [2.05, 4.69) is 28.2 Å². The number of morpholine rings is 1. The van der Waals surface area contributed by atoms with Crippen LogP contribution in [0.25, 0.3) is 0 Å². The molecule has 8 heteroatoms. The first-order valence-electron chi connectivity index (χ1n) is 11.7. The second-order valence-electron chi connectivity index (χ2n) is 8.46. The Balaban J connectivity index is 0.00000272. The van der Waals surface area contributed by atoms with Crippen LogP contribution in [0.2, 0.25) is 0 Å². The van der Waals surface area contributed by atoms with Gasteiger partial charge in [-0.1, -0.05) is 12.5 Å². The van der Waals surface area contributed by atoms with Gasteiger partial charge in [0.05, 0.1) is 19.3 Å². The number of rotatable bonds is 6. The van der Waals surface area contributed by atoms with Crippen LogP contribution in [0.4, 0.5) is 0 Å². The van der Waals surface area contributed by atoms with E-state index in [1.54, 1.807) is 0 Å². The maximum atomic E-state index is 6.04. The molecule has 2 atom stereocenters. The average Bonchev–Trinajstić information content (AvgIpc) is 3.34. The van der Waals surface area contributed by atoms with Gasteiger partial charge in [-0.15, -0.1) is 24.0 Å². The lowest BCUT2D eigenvalue weighted by molar-refractivity contribution is -0.0817. The predicted octanol–water partition coefficient (Wildman–Crippen LogP) is 3.76. The zero-order chi connectivity index (χ0) is 20.6. The second-order valence-corrected chi connectivity index (χ2v) is 8.46. The average molecular weight is 544 g/mol. The predicted molar refractivity (Wildman–Crippen MR) is 132 cm³/mol. The van der Waals surface area contributed by atoms with E-state index >= 15 is 0 Å². The molecule has 3 heterocycles. The normalized spacial score (nSPS) is 25.2. The fourth-order valence-electron chi connectivity index (χ4n) is 4.51. The van der Waals surface area contributed by atoms with E-state index in [0.717, 1.165) is 69.3 Å². The Labute approximate surface area is 203 Å². The lowest BCUT2D eigenvalue weighted by Gasteiger charge is -2.37. The Morgan fingerprint density at radius 2 is 1.97 bits per heavy atom. The van der Waals surface area contributed by atoms with Crippen LogP contribution in [-0.4, -0.2) is 67.0 Å². The van der Waals surface area contributed by atoms with Crippen molar-refractivity contribution in [3.05, 3.63) is 23.9 Å². The van der Waals surface area contributed by atoms with E-state index in [9.17, 15) is 0 Å². The van der Waals surface area contributed by atoms with Gasteiger partial charge in [0.15, 0.2) is 5.96 Å². The Morgan fingerprint density at radius 3 is 2.68 bits per heavy atom. The molecule has 1 N–H and O–H groups in total. The Bertz CT molecular complexity index is 676. The molecule has 1 aliphatic carbocycles. The maximum absolute atomic E-state index is 6.04. The Morgan fingerprint density at radius 1 is 1.13 bits per heavy atom. The summed E-state index contributed by atoms with van der Waals surface area (Å²) >= 11 is 0. The summed E-state index contributed by atoms with van der Waals surface area (Å²) in [7, 11) is 0. The minimum Gasteiger partial charge on any atom is -0.474 e. The van der Waals surface area contributed by atoms with Crippen LogP contribution in [0.3, 0.4) is 0 Å². The number of aliphatic imine (C=N–C) groups is 1. The molecular formula is C23H37IN4O3. The first kappa shape index (κ1) is 24.5. The maximum Gasteiger partial charge on any atom is 0.213 e. The molecule has 0 radical (unpaired) electrons. The third-order valence-electron chi connectivity index (χ3n) is 6.16. The van der Waals surface area contributed by atoms with E-state index in [4.69, 9.17) is 19.2 Å². The van der Waals surface area contributed by atoms with Crippen molar-refractivity contribution in [1.82, 2.24) is 15.2 Å². The van der Waals surface area contributed by atoms with Gasteiger partial charge in [0.25, 0.3) is 0 Å². The smallest absolute Gasteiger partial charge is 0.213 e. The van der Waals surface area contributed by atoms with Crippen molar-refractivity contribution in [3.8, 4) is 5.88 Å². The fourth-order valence-corrected chi connectivity index (χ4v) is 4.51. The number of hydrogen-bond donors (Lipinski definition) is 1. The van der Waals surface area contributed by atoms with Crippen LogP contribution in [0, 0.1) is 0 Å². The molecule has 7 nitrogen and oxygen atoms in total. The number of halogens is 1. The number of pyridine rings is 1. The van der Waals surface area contributed by atoms with E-state index in [1.807, 2.05) is 12.3 Å². The minimum absolute atomic E-state index is 0. The van der Waals surface area contributed by atoms with Crippen molar-refractivity contribution in [2.45, 2.75) is 76.7 Å². The van der Waals surface area contributed by atoms with Crippen molar-refractivity contribution in [1.29, 1.82) is 0 Å². The summed E-state index contributed by atoms with van der Waals surface area (Å²) in [6.45, 7) is 6.78. The first-order valence-corrected chi connectivity index (χ1v) is 11.7. The van der Waals surface area contributed by atoms with E-state index in [0.29, 0.717) is 19.3 Å². The molecule has 1 aromatic rings. The van der Waals surface area contributed by atoms with E-state index in [-0.39, 0.29) is 36.2 Å². The molecule has 174 valence electrons. The molecular weight excluding hydrogens is 507 g/mol. The number of hydrogen-bond acceptors (Lipinski definition) is 5. The highest BCUT2D eigenvalue weighted by atomic mass is 127. The molecule has 0 bridgehead atoms. The SMILES string of the molecule is CCNC(=NCc1ccc(OC2CCCCC2)nc1)N1CCOC(C2CCCO2)C1.I. The van der Waals surface area contributed by atoms with Crippen LogP contribution < -0.4 is 10.1 Å². The fraction of sp³-hybridized carbons (Fsp3) is 0.739. The standard InChI is InChI=1S/C23H36N4O3.HI/c1-2-24-23(27-12-14-29-21(17-27)20-9-6-13-28-20)26-16-18-10-11-22(25-15-18)30-19-7-4-3-5-8-19;/h10-11,15,19-21H,2-9,12-14,16-17H2,1H3,(H,24,26);1H. The van der Waals surface area contributed by atoms with Crippen molar-refractivity contribution in [3.63, 3.8) is 0 Å². The third-order valence-corrected chi connectivity index (χ3v) is 6.16. The summed E-state index contributed by atoms with van der Waals surface area (Å²) in [5.74, 6) is 1.67. The van der Waals surface area contributed by atoms with Gasteiger partial charge in [-0.2, -0.15) is 0 Å². The lowest BCUT2D eigenvalue weighted by Crippen LogP contribution is -2.53. The van der Waals surface area contributed by atoms with Gasteiger partial charge >= 0.3 is 0 Å². The lowest BCUT2D eigenvalue weighted by atomic mass is 9.98. The second kappa shape index (κ2) is 12.8. The van der Waals surface area contributed by atoms with Gasteiger partial charge in [-0.3, -0.25) is 0 Å². The molecule has 2 aliphatic heterocycles. The highest BCUT2D eigenvalue weighted by molar-refractivity contribution is 14.0. The summed E-state index contributed by atoms with van der Waals surface area (Å²) in [5, 5.41) is 3.43. The number of nitrogens with zero attached hydrogens (tertiary/aromatic N) is 3. The highest BCUT2D eigenvalue weighted by Gasteiger charge is 2.32. The molecule has 1 aromatic heterocycles. The molecule has 0 spiro atoms. The van der Waals surface area contributed by atoms with Crippen LogP contribution >= 0.6 is 24.0 Å². The quantitative estimate of drug-likeness (QED) is 0.334. The Kier molecular flexibility index (Phi) is 10.1. The van der Waals surface area contributed by atoms with Crippen LogP contribution in [0.5, 0.6) is 5.88 Å². The van der Waals surface area contributed by atoms with E-state index < -0.39 is 0 Å². The van der Waals surface area contributed by atoms with Gasteiger partial charge in [0, 0.05) is 38.5 Å². The summed E-state index contributed by atoms with van der Waals surface area (Å²) in [5.41, 5.74) is 1.09. The highest BCUT2D eigenvalue weighted by Crippen LogP contribution is 2.23. The molecule has 2 saturated heterocycles. The molecule has 31 heavy (non-hydrogen) atoms. The van der Waals surface area contributed by atoms with Crippen LogP contribution in [0.1, 0.15) is 57.4 Å². The van der Waals surface area contributed by atoms with Crippen molar-refractivity contribution >= 4 is 29.9 Å². The van der Waals surface area contributed by atoms with Crippen molar-refractivity contribution in [2.24, 2.45) is 4.99 Å². The monoisotopic (exact) mass is 544 g/mol. The topological polar surface area (TPSA) is 68.2 Å². The largest absolute Gasteiger partial charge is 0.474 e. The number of guanidine groups is 1. The molecule has 4 rings (SSSR count). The van der Waals surface area contributed by atoms with Crippen LogP contribution in [-0.2, 0) is 16.0 Å². The third kappa shape index (κ3) is 7.18. The van der Waals surface area contributed by atoms with Gasteiger partial charge in [-0.05, 0) is 51.0 Å². The number of aromatic nitrogens is 1. The molecule has 0 aromatic carbocycles. The summed E-state index contributed by atoms with van der Waals surface area (Å²) in [6, 6.07) is 4.06. The van der Waals surface area contributed by atoms with Gasteiger partial charge < -0.3 is 24.4 Å². The molecule has 2 unspecified atom stereocenters. The minimum atomic E-state index is 0. The molecule has 0 amide bonds. The van der Waals surface area contributed by atoms with Gasteiger partial charge in [-0.25, -0.2) is 9.98 Å². The molecule has 3 aliphatic rings. The van der Waals surface area contributed by atoms with Gasteiger partial charge in [0.2, 0.25) is 5.88 Å². The van der Waals surface area contributed by atoms with Crippen molar-refractivity contribution < 1.29 is 14.2 Å². The first-order chi connectivity index (χ1) is 14.8. The summed E-state index contributed by atoms with van der Waals surface area (Å²) in [6.07, 6.45) is 10.9. The molecule has 3 fully saturated rings. The zero-order valence-corrected chi connectivity index (χ0v) is 21.0.